The Morgan fingerprint density at radius 3 is 1.92 bits per heavy atom. The molecule has 0 aromatic carbocycles. The van der Waals surface area contributed by atoms with Crippen LogP contribution >= 0.6 is 15.6 Å². The van der Waals surface area contributed by atoms with E-state index in [1.807, 2.05) is 0 Å². The highest BCUT2D eigenvalue weighted by atomic mass is 31.2. The van der Waals surface area contributed by atoms with Crippen molar-refractivity contribution in [2.75, 3.05) is 13.2 Å². The molecule has 0 aliphatic carbocycles. The van der Waals surface area contributed by atoms with Gasteiger partial charge in [-0.15, -0.1) is 0 Å². The lowest BCUT2D eigenvalue weighted by Crippen LogP contribution is -2.35. The van der Waals surface area contributed by atoms with Crippen LogP contribution < -0.4 is 0 Å². The van der Waals surface area contributed by atoms with Gasteiger partial charge in [-0.25, -0.2) is 9.13 Å². The fourth-order valence-corrected chi connectivity index (χ4v) is 5.32. The monoisotopic (exact) mass is 418 g/mol. The van der Waals surface area contributed by atoms with Crippen LogP contribution in [0.1, 0.15) is 20.8 Å². The molecule has 10 unspecified atom stereocenters. The number of phosphoric acid groups is 2. The number of aliphatic hydroxyl groups excluding tert-OH is 1. The molecule has 0 amide bonds. The lowest BCUT2D eigenvalue weighted by molar-refractivity contribution is -0.0383. The van der Waals surface area contributed by atoms with E-state index in [1.54, 1.807) is 13.8 Å². The highest BCUT2D eigenvalue weighted by Crippen LogP contribution is 2.52. The van der Waals surface area contributed by atoms with Gasteiger partial charge in [-0.3, -0.25) is 18.1 Å². The SMILES string of the molecule is CC1OC2COP(=O)(O)OC3C(C)OC(COP(=O)(O)OC2C1C)C3O. The molecule has 0 aromatic rings. The van der Waals surface area contributed by atoms with Crippen LogP contribution in [0.2, 0.25) is 0 Å². The Morgan fingerprint density at radius 2 is 1.31 bits per heavy atom. The molecule has 3 aliphatic heterocycles. The third kappa shape index (κ3) is 4.39. The lowest BCUT2D eigenvalue weighted by Gasteiger charge is -2.25. The Kier molecular flexibility index (Phi) is 6.00. The molecule has 3 N–H and O–H groups in total. The highest BCUT2D eigenvalue weighted by Gasteiger charge is 2.50. The summed E-state index contributed by atoms with van der Waals surface area (Å²) in [7, 11) is -9.04. The molecule has 3 fully saturated rings. The summed E-state index contributed by atoms with van der Waals surface area (Å²) in [4.78, 5) is 20.0. The number of phosphoric ester groups is 2. The Bertz CT molecular complexity index is 615. The van der Waals surface area contributed by atoms with Crippen molar-refractivity contribution < 1.29 is 51.6 Å². The first kappa shape index (κ1) is 20.8. The Labute approximate surface area is 150 Å². The Morgan fingerprint density at radius 1 is 0.808 bits per heavy atom. The van der Waals surface area contributed by atoms with Crippen LogP contribution in [0.15, 0.2) is 0 Å². The van der Waals surface area contributed by atoms with Crippen molar-refractivity contribution >= 4 is 15.6 Å². The first-order valence-electron chi connectivity index (χ1n) is 8.29. The molecule has 26 heavy (non-hydrogen) atoms. The Hall–Kier alpha value is 0.1000. The molecule has 0 aromatic heterocycles. The third-order valence-corrected chi connectivity index (χ3v) is 6.87. The fraction of sp³-hybridized carbons (Fsp3) is 1.00. The molecule has 0 saturated carbocycles. The van der Waals surface area contributed by atoms with Gasteiger partial charge >= 0.3 is 15.6 Å². The van der Waals surface area contributed by atoms with Crippen LogP contribution in [0, 0.1) is 5.92 Å². The van der Waals surface area contributed by atoms with Gasteiger partial charge in [0.15, 0.2) is 0 Å². The van der Waals surface area contributed by atoms with Gasteiger partial charge < -0.3 is 24.4 Å². The largest absolute Gasteiger partial charge is 0.472 e. The molecule has 3 saturated heterocycles. The second kappa shape index (κ2) is 7.50. The zero-order valence-corrected chi connectivity index (χ0v) is 16.3. The molecule has 11 nitrogen and oxygen atoms in total. The summed E-state index contributed by atoms with van der Waals surface area (Å²) in [5.74, 6) is -0.296. The quantitative estimate of drug-likeness (QED) is 0.474. The van der Waals surface area contributed by atoms with Crippen LogP contribution in [0.4, 0.5) is 0 Å². The standard InChI is InChI=1S/C13H24O11P2/c1-6-7(2)21-10-5-20-26(17,18)24-13-8(3)22-9(11(13)14)4-19-25(15,16)23-12(6)10/h6-14H,4-5H2,1-3H3,(H,15,16)(H,17,18). The molecule has 3 rings (SSSR count). The van der Waals surface area contributed by atoms with Crippen molar-refractivity contribution in [1.29, 1.82) is 0 Å². The lowest BCUT2D eigenvalue weighted by atomic mass is 10.00. The minimum absolute atomic E-state index is 0.296. The van der Waals surface area contributed by atoms with Crippen LogP contribution in [0.5, 0.6) is 0 Å². The molecule has 2 bridgehead atoms. The van der Waals surface area contributed by atoms with E-state index in [2.05, 4.69) is 0 Å². The maximum atomic E-state index is 12.3. The smallest absolute Gasteiger partial charge is 0.387 e. The summed E-state index contributed by atoms with van der Waals surface area (Å²) in [6.07, 6.45) is -6.43. The van der Waals surface area contributed by atoms with Gasteiger partial charge in [0.25, 0.3) is 0 Å². The summed E-state index contributed by atoms with van der Waals surface area (Å²) in [6, 6.07) is 0. The van der Waals surface area contributed by atoms with E-state index in [0.717, 1.165) is 0 Å². The van der Waals surface area contributed by atoms with Gasteiger partial charge in [0.1, 0.15) is 30.5 Å². The van der Waals surface area contributed by atoms with E-state index in [1.165, 1.54) is 6.92 Å². The minimum atomic E-state index is -4.54. The van der Waals surface area contributed by atoms with Crippen molar-refractivity contribution in [2.45, 2.75) is 63.5 Å². The average molecular weight is 418 g/mol. The van der Waals surface area contributed by atoms with E-state index in [9.17, 15) is 24.0 Å². The van der Waals surface area contributed by atoms with Crippen molar-refractivity contribution in [3.8, 4) is 0 Å². The first-order valence-corrected chi connectivity index (χ1v) is 11.3. The molecule has 10 atom stereocenters. The van der Waals surface area contributed by atoms with Gasteiger partial charge in [0.05, 0.1) is 25.4 Å². The number of ether oxygens (including phenoxy) is 2. The summed E-state index contributed by atoms with van der Waals surface area (Å²) in [6.45, 7) is 4.15. The molecule has 152 valence electrons. The summed E-state index contributed by atoms with van der Waals surface area (Å²) < 4.78 is 55.7. The fourth-order valence-electron chi connectivity index (χ4n) is 3.29. The van der Waals surface area contributed by atoms with E-state index < -0.39 is 65.5 Å². The van der Waals surface area contributed by atoms with E-state index in [0.29, 0.717) is 0 Å². The zero-order chi connectivity index (χ0) is 19.3. The first-order chi connectivity index (χ1) is 12.0. The minimum Gasteiger partial charge on any atom is -0.387 e. The number of aliphatic hydroxyl groups is 1. The molecule has 3 aliphatic rings. The van der Waals surface area contributed by atoms with Crippen LogP contribution in [0.25, 0.3) is 0 Å². The van der Waals surface area contributed by atoms with Crippen molar-refractivity contribution in [2.24, 2.45) is 5.92 Å². The second-order valence-electron chi connectivity index (χ2n) is 6.78. The maximum Gasteiger partial charge on any atom is 0.472 e. The number of hydrogen-bond acceptors (Lipinski definition) is 9. The molecule has 0 radical (unpaired) electrons. The zero-order valence-electron chi connectivity index (χ0n) is 14.5. The molecule has 3 heterocycles. The average Bonchev–Trinajstić information content (AvgIpc) is 2.95. The molecule has 13 heteroatoms. The number of hydrogen-bond donors (Lipinski definition) is 3. The Balaban J connectivity index is 1.85. The predicted molar refractivity (Wildman–Crippen MR) is 85.1 cm³/mol. The van der Waals surface area contributed by atoms with E-state index in [-0.39, 0.29) is 12.0 Å². The normalized spacial score (nSPS) is 56.2. The second-order valence-corrected chi connectivity index (χ2v) is 9.59. The molecular weight excluding hydrogens is 394 g/mol. The molecule has 0 spiro atoms. The summed E-state index contributed by atoms with van der Waals surface area (Å²) in [5, 5.41) is 10.2. The van der Waals surface area contributed by atoms with Crippen molar-refractivity contribution in [3.05, 3.63) is 0 Å². The van der Waals surface area contributed by atoms with Gasteiger partial charge in [-0.2, -0.15) is 0 Å². The summed E-state index contributed by atoms with van der Waals surface area (Å²) >= 11 is 0. The van der Waals surface area contributed by atoms with E-state index in [4.69, 9.17) is 27.6 Å². The summed E-state index contributed by atoms with van der Waals surface area (Å²) in [5.41, 5.74) is 0. The topological polar surface area (TPSA) is 150 Å². The highest BCUT2D eigenvalue weighted by molar-refractivity contribution is 7.47. The number of fused-ring (bicyclic) bond motifs is 3. The van der Waals surface area contributed by atoms with Gasteiger partial charge in [0, 0.05) is 5.92 Å². The number of rotatable bonds is 0. The van der Waals surface area contributed by atoms with Gasteiger partial charge in [-0.05, 0) is 13.8 Å². The van der Waals surface area contributed by atoms with Crippen molar-refractivity contribution in [3.63, 3.8) is 0 Å². The van der Waals surface area contributed by atoms with Crippen LogP contribution in [0.3, 0.4) is 0 Å². The van der Waals surface area contributed by atoms with Gasteiger partial charge in [-0.1, -0.05) is 6.92 Å². The van der Waals surface area contributed by atoms with Crippen molar-refractivity contribution in [1.82, 2.24) is 0 Å². The van der Waals surface area contributed by atoms with E-state index >= 15 is 0 Å². The van der Waals surface area contributed by atoms with Gasteiger partial charge in [0.2, 0.25) is 0 Å². The van der Waals surface area contributed by atoms with Crippen LogP contribution in [-0.2, 0) is 36.7 Å². The van der Waals surface area contributed by atoms with Crippen LogP contribution in [-0.4, -0.2) is 70.8 Å². The predicted octanol–water partition coefficient (Wildman–Crippen LogP) is 0.576. The molecular formula is C13H24O11P2. The maximum absolute atomic E-state index is 12.3. The third-order valence-electron chi connectivity index (χ3n) is 4.90.